The largest absolute Gasteiger partial charge is 0.371 e. The fourth-order valence-corrected chi connectivity index (χ4v) is 3.30. The van der Waals surface area contributed by atoms with Gasteiger partial charge in [-0.15, -0.1) is 10.2 Å². The third-order valence-electron chi connectivity index (χ3n) is 4.70. The molecule has 2 aromatic heterocycles. The van der Waals surface area contributed by atoms with Crippen molar-refractivity contribution in [2.45, 2.75) is 12.8 Å². The van der Waals surface area contributed by atoms with E-state index in [4.69, 9.17) is 0 Å². The van der Waals surface area contributed by atoms with E-state index in [-0.39, 0.29) is 0 Å². The van der Waals surface area contributed by atoms with Crippen molar-refractivity contribution in [3.05, 3.63) is 67.0 Å². The van der Waals surface area contributed by atoms with Crippen molar-refractivity contribution in [1.29, 1.82) is 0 Å². The number of anilines is 2. The molecule has 0 radical (unpaired) electrons. The van der Waals surface area contributed by atoms with Gasteiger partial charge >= 0.3 is 0 Å². The number of piperidine rings is 1. The average molecular weight is 319 g/mol. The van der Waals surface area contributed by atoms with Crippen molar-refractivity contribution >= 4 is 17.3 Å². The van der Waals surface area contributed by atoms with Gasteiger partial charge in [-0.25, -0.2) is 0 Å². The lowest BCUT2D eigenvalue weighted by atomic mass is 9.93. The summed E-state index contributed by atoms with van der Waals surface area (Å²) in [5.74, 6) is 1.20. The minimum atomic E-state index is 0.459. The third kappa shape index (κ3) is 2.85. The van der Waals surface area contributed by atoms with Crippen molar-refractivity contribution < 1.29 is 0 Å². The lowest BCUT2D eigenvalue weighted by molar-refractivity contribution is 0.461. The van der Waals surface area contributed by atoms with Crippen LogP contribution in [0.1, 0.15) is 12.8 Å². The Kier molecular flexibility index (Phi) is 3.91. The van der Waals surface area contributed by atoms with E-state index in [0.717, 1.165) is 43.2 Å². The summed E-state index contributed by atoms with van der Waals surface area (Å²) in [5, 5.41) is 11.8. The molecule has 1 aromatic carbocycles. The van der Waals surface area contributed by atoms with E-state index in [1.807, 2.05) is 28.8 Å². The Bertz CT molecular complexity index is 831. The molecule has 1 N–H and O–H groups in total. The van der Waals surface area contributed by atoms with E-state index in [2.05, 4.69) is 57.3 Å². The van der Waals surface area contributed by atoms with Crippen molar-refractivity contribution in [3.8, 4) is 0 Å². The lowest BCUT2D eigenvalue weighted by Gasteiger charge is -2.34. The highest BCUT2D eigenvalue weighted by Crippen LogP contribution is 2.27. The third-order valence-corrected chi connectivity index (χ3v) is 4.70. The maximum absolute atomic E-state index is 4.25. The molecule has 24 heavy (non-hydrogen) atoms. The summed E-state index contributed by atoms with van der Waals surface area (Å²) in [5.41, 5.74) is 3.17. The highest BCUT2D eigenvalue weighted by atomic mass is 15.3. The number of allylic oxidation sites excluding steroid dienone is 1. The molecule has 0 saturated carbocycles. The van der Waals surface area contributed by atoms with Crippen LogP contribution >= 0.6 is 0 Å². The van der Waals surface area contributed by atoms with Gasteiger partial charge in [0.2, 0.25) is 5.95 Å². The molecule has 0 amide bonds. The van der Waals surface area contributed by atoms with E-state index < -0.39 is 0 Å². The van der Waals surface area contributed by atoms with Crippen LogP contribution in [-0.2, 0) is 0 Å². The molecule has 1 saturated heterocycles. The van der Waals surface area contributed by atoms with Gasteiger partial charge in [0, 0.05) is 36.6 Å². The first-order valence-electron chi connectivity index (χ1n) is 8.37. The SMILES string of the molecule is C=C(Nc1nnc2ccccn12)C1CCN(c2ccccc2)CC1. The molecule has 0 aliphatic carbocycles. The predicted molar refractivity (Wildman–Crippen MR) is 97.1 cm³/mol. The number of benzene rings is 1. The minimum Gasteiger partial charge on any atom is -0.371 e. The maximum atomic E-state index is 4.25. The number of para-hydroxylation sites is 1. The summed E-state index contributed by atoms with van der Waals surface area (Å²) in [4.78, 5) is 2.44. The summed E-state index contributed by atoms with van der Waals surface area (Å²) in [6.07, 6.45) is 4.15. The van der Waals surface area contributed by atoms with Gasteiger partial charge in [-0.2, -0.15) is 0 Å². The minimum absolute atomic E-state index is 0.459. The molecule has 0 atom stereocenters. The summed E-state index contributed by atoms with van der Waals surface area (Å²) >= 11 is 0. The molecule has 3 heterocycles. The van der Waals surface area contributed by atoms with Crippen LogP contribution in [0.15, 0.2) is 67.0 Å². The van der Waals surface area contributed by atoms with Crippen LogP contribution in [0.25, 0.3) is 5.65 Å². The van der Waals surface area contributed by atoms with Crippen molar-refractivity contribution in [3.63, 3.8) is 0 Å². The molecule has 5 heteroatoms. The zero-order valence-electron chi connectivity index (χ0n) is 13.6. The first kappa shape index (κ1) is 14.8. The second kappa shape index (κ2) is 6.35. The summed E-state index contributed by atoms with van der Waals surface area (Å²) in [7, 11) is 0. The molecule has 122 valence electrons. The van der Waals surface area contributed by atoms with E-state index in [9.17, 15) is 0 Å². The normalized spacial score (nSPS) is 15.6. The van der Waals surface area contributed by atoms with E-state index in [1.54, 1.807) is 0 Å². The molecule has 4 rings (SSSR count). The summed E-state index contributed by atoms with van der Waals surface area (Å²) in [6, 6.07) is 16.5. The molecule has 3 aromatic rings. The van der Waals surface area contributed by atoms with Crippen LogP contribution in [0, 0.1) is 5.92 Å². The highest BCUT2D eigenvalue weighted by Gasteiger charge is 2.22. The Morgan fingerprint density at radius 1 is 1.00 bits per heavy atom. The molecule has 1 fully saturated rings. The number of pyridine rings is 1. The van der Waals surface area contributed by atoms with Gasteiger partial charge in [0.25, 0.3) is 0 Å². The van der Waals surface area contributed by atoms with E-state index in [0.29, 0.717) is 5.92 Å². The van der Waals surface area contributed by atoms with Crippen molar-refractivity contribution in [2.24, 2.45) is 5.92 Å². The Morgan fingerprint density at radius 3 is 2.54 bits per heavy atom. The molecule has 1 aliphatic rings. The predicted octanol–water partition coefficient (Wildman–Crippen LogP) is 3.57. The number of hydrogen-bond donors (Lipinski definition) is 1. The number of hydrogen-bond acceptors (Lipinski definition) is 4. The molecule has 5 nitrogen and oxygen atoms in total. The fourth-order valence-electron chi connectivity index (χ4n) is 3.30. The van der Waals surface area contributed by atoms with Crippen LogP contribution in [0.2, 0.25) is 0 Å². The van der Waals surface area contributed by atoms with E-state index >= 15 is 0 Å². The second-order valence-corrected chi connectivity index (χ2v) is 6.20. The lowest BCUT2D eigenvalue weighted by Crippen LogP contribution is -2.35. The average Bonchev–Trinajstić information content (AvgIpc) is 3.06. The Hall–Kier alpha value is -2.82. The number of nitrogens with zero attached hydrogens (tertiary/aromatic N) is 4. The topological polar surface area (TPSA) is 45.5 Å². The smallest absolute Gasteiger partial charge is 0.233 e. The zero-order chi connectivity index (χ0) is 16.4. The molecule has 1 aliphatic heterocycles. The van der Waals surface area contributed by atoms with Gasteiger partial charge in [0.05, 0.1) is 0 Å². The summed E-state index contributed by atoms with van der Waals surface area (Å²) < 4.78 is 1.95. The Balaban J connectivity index is 1.40. The van der Waals surface area contributed by atoms with Gasteiger partial charge in [-0.1, -0.05) is 30.8 Å². The molecular formula is C19H21N5. The Labute approximate surface area is 141 Å². The number of nitrogens with one attached hydrogen (secondary N) is 1. The monoisotopic (exact) mass is 319 g/mol. The highest BCUT2D eigenvalue weighted by molar-refractivity contribution is 5.48. The van der Waals surface area contributed by atoms with Gasteiger partial charge in [-0.3, -0.25) is 4.40 Å². The number of fused-ring (bicyclic) bond motifs is 1. The number of aromatic nitrogens is 3. The standard InChI is InChI=1S/C19H21N5/c1-15(20-19-22-21-18-9-5-6-12-24(18)19)16-10-13-23(14-11-16)17-7-3-2-4-8-17/h2-9,12,16H,1,10-11,13-14H2,(H,20,22). The van der Waals surface area contributed by atoms with Crippen LogP contribution in [0.5, 0.6) is 0 Å². The Morgan fingerprint density at radius 2 is 1.75 bits per heavy atom. The van der Waals surface area contributed by atoms with Crippen LogP contribution in [-0.4, -0.2) is 27.7 Å². The van der Waals surface area contributed by atoms with Gasteiger partial charge < -0.3 is 10.2 Å². The quantitative estimate of drug-likeness (QED) is 0.798. The molecule has 0 bridgehead atoms. The number of rotatable bonds is 4. The fraction of sp³-hybridized carbons (Fsp3) is 0.263. The van der Waals surface area contributed by atoms with Gasteiger partial charge in [0.1, 0.15) is 0 Å². The van der Waals surface area contributed by atoms with Crippen LogP contribution in [0.3, 0.4) is 0 Å². The van der Waals surface area contributed by atoms with Gasteiger partial charge in [0.15, 0.2) is 5.65 Å². The van der Waals surface area contributed by atoms with Crippen LogP contribution < -0.4 is 10.2 Å². The molecule has 0 unspecified atom stereocenters. The van der Waals surface area contributed by atoms with Crippen molar-refractivity contribution in [2.75, 3.05) is 23.3 Å². The molecular weight excluding hydrogens is 298 g/mol. The molecule has 0 spiro atoms. The summed E-state index contributed by atoms with van der Waals surface area (Å²) in [6.45, 7) is 6.35. The maximum Gasteiger partial charge on any atom is 0.233 e. The van der Waals surface area contributed by atoms with Gasteiger partial charge in [-0.05, 0) is 37.1 Å². The first-order valence-corrected chi connectivity index (χ1v) is 8.37. The first-order chi connectivity index (χ1) is 11.8. The zero-order valence-corrected chi connectivity index (χ0v) is 13.6. The van der Waals surface area contributed by atoms with E-state index in [1.165, 1.54) is 5.69 Å². The van der Waals surface area contributed by atoms with Crippen molar-refractivity contribution in [1.82, 2.24) is 14.6 Å². The van der Waals surface area contributed by atoms with Crippen LogP contribution in [0.4, 0.5) is 11.6 Å². The second-order valence-electron chi connectivity index (χ2n) is 6.20.